The zero-order valence-electron chi connectivity index (χ0n) is 19.5. The van der Waals surface area contributed by atoms with Gasteiger partial charge in [-0.3, -0.25) is 0 Å². The first-order chi connectivity index (χ1) is 17.1. The summed E-state index contributed by atoms with van der Waals surface area (Å²) in [7, 11) is -7.60. The van der Waals surface area contributed by atoms with E-state index >= 15 is 0 Å². The molecule has 0 heterocycles. The molecule has 0 spiro atoms. The first kappa shape index (κ1) is 26.5. The van der Waals surface area contributed by atoms with Crippen LogP contribution in [0.4, 0.5) is 11.4 Å². The van der Waals surface area contributed by atoms with Gasteiger partial charge in [0.1, 0.15) is 0 Å². The van der Waals surface area contributed by atoms with Gasteiger partial charge in [0.25, 0.3) is 0 Å². The van der Waals surface area contributed by atoms with Crippen molar-refractivity contribution in [2.45, 2.75) is 23.6 Å². The molecule has 6 nitrogen and oxygen atoms in total. The molecular weight excluding hydrogens is 626 g/mol. The molecule has 0 radical (unpaired) electrons. The van der Waals surface area contributed by atoms with Crippen LogP contribution in [0.2, 0.25) is 0 Å². The number of rotatable bonds is 9. The van der Waals surface area contributed by atoms with Gasteiger partial charge in [-0.2, -0.15) is 0 Å². The maximum absolute atomic E-state index is 13.2. The molecule has 0 aliphatic carbocycles. The van der Waals surface area contributed by atoms with Crippen LogP contribution in [0, 0.1) is 13.8 Å². The van der Waals surface area contributed by atoms with E-state index in [2.05, 4.69) is 9.44 Å². The van der Waals surface area contributed by atoms with Crippen molar-refractivity contribution < 1.29 is 16.8 Å². The monoisotopic (exact) mass is 652 g/mol. The molecule has 4 aromatic rings. The average Bonchev–Trinajstić information content (AvgIpc) is 2.86. The van der Waals surface area contributed by atoms with Crippen molar-refractivity contribution >= 4 is 66.6 Å². The van der Waals surface area contributed by atoms with Gasteiger partial charge in [0.15, 0.2) is 0 Å². The Morgan fingerprint density at radius 2 is 0.833 bits per heavy atom. The van der Waals surface area contributed by atoms with Gasteiger partial charge in [0.05, 0.1) is 0 Å². The molecule has 0 saturated carbocycles. The minimum absolute atomic E-state index is 0.213. The molecule has 0 aliphatic heterocycles. The van der Waals surface area contributed by atoms with Crippen molar-refractivity contribution in [1.29, 1.82) is 0 Å². The first-order valence-corrected chi connectivity index (χ1v) is 19.9. The van der Waals surface area contributed by atoms with E-state index in [-0.39, 0.29) is 36.1 Å². The minimum atomic E-state index is -3.80. The number of hydrogen-bond acceptors (Lipinski definition) is 4. The standard InChI is InChI=1S/C26H24N2O4S2Se2/c1-19-11-15-21(16-12-19)27-33(29,30)23-7-3-5-9-25(23)35-36-26-10-6-4-8-24(26)34(31,32)28-22-17-13-20(2)14-18-22/h3-18,27-28H,1-2H3. The summed E-state index contributed by atoms with van der Waals surface area (Å²) in [5.41, 5.74) is 3.06. The quantitative estimate of drug-likeness (QED) is 0.273. The molecule has 4 aromatic carbocycles. The predicted molar refractivity (Wildman–Crippen MR) is 148 cm³/mol. The van der Waals surface area contributed by atoms with Gasteiger partial charge in [-0.05, 0) is 0 Å². The summed E-state index contributed by atoms with van der Waals surface area (Å²) in [6, 6.07) is 28.1. The van der Waals surface area contributed by atoms with E-state index in [1.54, 1.807) is 72.8 Å². The van der Waals surface area contributed by atoms with Crippen LogP contribution in [0.3, 0.4) is 0 Å². The van der Waals surface area contributed by atoms with Crippen molar-refractivity contribution in [1.82, 2.24) is 0 Å². The molecule has 0 atom stereocenters. The third-order valence-electron chi connectivity index (χ3n) is 5.11. The van der Waals surface area contributed by atoms with Crippen LogP contribution in [0.15, 0.2) is 107 Å². The number of hydrogen-bond donors (Lipinski definition) is 2. The van der Waals surface area contributed by atoms with E-state index in [1.807, 2.05) is 38.1 Å². The zero-order chi connectivity index (χ0) is 25.8. The SMILES string of the molecule is Cc1ccc(NS(=O)(=O)c2ccccc2[Se][Se]c2ccccc2S(=O)(=O)Nc2ccc(C)cc2)cc1. The van der Waals surface area contributed by atoms with Crippen molar-refractivity contribution in [3.8, 4) is 0 Å². The second-order valence-electron chi connectivity index (χ2n) is 8.00. The van der Waals surface area contributed by atoms with Gasteiger partial charge in [0.2, 0.25) is 0 Å². The molecule has 0 aliphatic rings. The summed E-state index contributed by atoms with van der Waals surface area (Å²) in [6.45, 7) is 3.87. The molecule has 0 amide bonds. The molecule has 186 valence electrons. The molecule has 0 bridgehead atoms. The van der Waals surface area contributed by atoms with E-state index < -0.39 is 20.0 Å². The molecule has 10 heteroatoms. The third-order valence-corrected chi connectivity index (χ3v) is 15.8. The molecular formula is C26H24N2O4S2Se2. The van der Waals surface area contributed by atoms with Gasteiger partial charge in [-0.1, -0.05) is 0 Å². The Morgan fingerprint density at radius 1 is 0.500 bits per heavy atom. The number of sulfonamides is 2. The number of nitrogens with one attached hydrogen (secondary N) is 2. The molecule has 0 unspecified atom stereocenters. The fourth-order valence-electron chi connectivity index (χ4n) is 3.24. The number of benzene rings is 4. The van der Waals surface area contributed by atoms with Crippen molar-refractivity contribution in [3.63, 3.8) is 0 Å². The van der Waals surface area contributed by atoms with Crippen LogP contribution < -0.4 is 18.4 Å². The average molecular weight is 651 g/mol. The number of anilines is 2. The summed E-state index contributed by atoms with van der Waals surface area (Å²) >= 11 is -0.553. The Hall–Kier alpha value is -2.58. The van der Waals surface area contributed by atoms with Crippen LogP contribution in [0.25, 0.3) is 0 Å². The van der Waals surface area contributed by atoms with Crippen LogP contribution in [0.1, 0.15) is 11.1 Å². The summed E-state index contributed by atoms with van der Waals surface area (Å²) in [6.07, 6.45) is 0. The summed E-state index contributed by atoms with van der Waals surface area (Å²) in [5.74, 6) is 0. The van der Waals surface area contributed by atoms with Crippen molar-refractivity contribution in [2.24, 2.45) is 0 Å². The fourth-order valence-corrected chi connectivity index (χ4v) is 15.3. The normalized spacial score (nSPS) is 11.7. The molecule has 0 saturated heterocycles. The molecule has 2 N–H and O–H groups in total. The molecule has 0 fully saturated rings. The first-order valence-electron chi connectivity index (χ1n) is 10.9. The van der Waals surface area contributed by atoms with E-state index in [0.717, 1.165) is 11.1 Å². The van der Waals surface area contributed by atoms with Crippen LogP contribution in [0.5, 0.6) is 0 Å². The molecule has 36 heavy (non-hydrogen) atoms. The Morgan fingerprint density at radius 3 is 1.19 bits per heavy atom. The van der Waals surface area contributed by atoms with Gasteiger partial charge in [-0.25, -0.2) is 0 Å². The van der Waals surface area contributed by atoms with Gasteiger partial charge < -0.3 is 0 Å². The molecule has 4 rings (SSSR count). The van der Waals surface area contributed by atoms with Crippen molar-refractivity contribution in [2.75, 3.05) is 9.44 Å². The summed E-state index contributed by atoms with van der Waals surface area (Å²) in [4.78, 5) is 0.427. The van der Waals surface area contributed by atoms with Crippen LogP contribution in [-0.2, 0) is 20.0 Å². The predicted octanol–water partition coefficient (Wildman–Crippen LogP) is 3.18. The van der Waals surface area contributed by atoms with Gasteiger partial charge in [-0.15, -0.1) is 0 Å². The Balaban J connectivity index is 1.57. The van der Waals surface area contributed by atoms with E-state index in [9.17, 15) is 16.8 Å². The fraction of sp³-hybridized carbons (Fsp3) is 0.0769. The van der Waals surface area contributed by atoms with E-state index in [1.165, 1.54) is 0 Å². The second kappa shape index (κ2) is 11.2. The maximum atomic E-state index is 13.2. The summed E-state index contributed by atoms with van der Waals surface area (Å²) in [5, 5.41) is 0. The Labute approximate surface area is 223 Å². The van der Waals surface area contributed by atoms with Crippen molar-refractivity contribution in [3.05, 3.63) is 108 Å². The molecule has 0 aromatic heterocycles. The van der Waals surface area contributed by atoms with E-state index in [4.69, 9.17) is 0 Å². The Bertz CT molecular complexity index is 1450. The van der Waals surface area contributed by atoms with Gasteiger partial charge in [0, 0.05) is 0 Å². The summed E-state index contributed by atoms with van der Waals surface area (Å²) < 4.78 is 59.4. The topological polar surface area (TPSA) is 92.3 Å². The van der Waals surface area contributed by atoms with E-state index in [0.29, 0.717) is 20.3 Å². The second-order valence-corrected chi connectivity index (χ2v) is 17.5. The Kier molecular flexibility index (Phi) is 8.25. The van der Waals surface area contributed by atoms with Crippen LogP contribution in [-0.4, -0.2) is 43.1 Å². The zero-order valence-corrected chi connectivity index (χ0v) is 24.6. The third kappa shape index (κ3) is 6.59. The number of aryl methyl sites for hydroxylation is 2. The van der Waals surface area contributed by atoms with Crippen LogP contribution >= 0.6 is 0 Å². The van der Waals surface area contributed by atoms with Gasteiger partial charge >= 0.3 is 225 Å².